The smallest absolute Gasteiger partial charge is 0.271 e. The van der Waals surface area contributed by atoms with Gasteiger partial charge in [-0.25, -0.2) is 9.50 Å². The third-order valence-electron chi connectivity index (χ3n) is 3.81. The highest BCUT2D eigenvalue weighted by molar-refractivity contribution is 5.93. The molecule has 2 heterocycles. The van der Waals surface area contributed by atoms with Crippen molar-refractivity contribution in [2.45, 2.75) is 32.7 Å². The predicted octanol–water partition coefficient (Wildman–Crippen LogP) is -0.135. The number of hydrogen-bond acceptors (Lipinski definition) is 5. The molecule has 0 aliphatic rings. The Labute approximate surface area is 145 Å². The number of nitrogens with one attached hydrogen (secondary N) is 2. The fourth-order valence-electron chi connectivity index (χ4n) is 2.33. The van der Waals surface area contributed by atoms with E-state index in [-0.39, 0.29) is 30.8 Å². The summed E-state index contributed by atoms with van der Waals surface area (Å²) in [6.45, 7) is 3.78. The lowest BCUT2D eigenvalue weighted by atomic mass is 10.1. The van der Waals surface area contributed by atoms with Crippen LogP contribution in [0.25, 0.3) is 5.65 Å². The molecule has 3 amide bonds. The highest BCUT2D eigenvalue weighted by Crippen LogP contribution is 2.05. The van der Waals surface area contributed by atoms with E-state index >= 15 is 0 Å². The van der Waals surface area contributed by atoms with E-state index in [0.717, 1.165) is 0 Å². The number of imidazole rings is 1. The van der Waals surface area contributed by atoms with Crippen LogP contribution in [0.2, 0.25) is 0 Å². The molecule has 0 aliphatic carbocycles. The zero-order valence-corrected chi connectivity index (χ0v) is 14.2. The first-order chi connectivity index (χ1) is 11.9. The minimum atomic E-state index is -0.524. The predicted molar refractivity (Wildman–Crippen MR) is 90.5 cm³/mol. The normalized spacial score (nSPS) is 13.2. The van der Waals surface area contributed by atoms with Crippen LogP contribution in [0.3, 0.4) is 0 Å². The maximum absolute atomic E-state index is 12.3. The first-order valence-corrected chi connectivity index (χ1v) is 8.08. The lowest BCUT2D eigenvalue weighted by Gasteiger charge is -2.19. The van der Waals surface area contributed by atoms with Crippen LogP contribution in [0.15, 0.2) is 24.5 Å². The summed E-state index contributed by atoms with van der Waals surface area (Å²) in [5.74, 6) is -1.63. The second kappa shape index (κ2) is 8.22. The summed E-state index contributed by atoms with van der Waals surface area (Å²) >= 11 is 0. The summed E-state index contributed by atoms with van der Waals surface area (Å²) in [5.41, 5.74) is 6.00. The Hall–Kier alpha value is -2.97. The van der Waals surface area contributed by atoms with Gasteiger partial charge in [-0.2, -0.15) is 5.10 Å². The zero-order valence-electron chi connectivity index (χ0n) is 14.2. The lowest BCUT2D eigenvalue weighted by Crippen LogP contribution is -2.45. The average molecular weight is 346 g/mol. The number of nitrogens with zero attached hydrogens (tertiary/aromatic N) is 3. The van der Waals surface area contributed by atoms with E-state index < -0.39 is 11.8 Å². The molecule has 2 aromatic rings. The summed E-state index contributed by atoms with van der Waals surface area (Å²) in [5, 5.41) is 9.67. The summed E-state index contributed by atoms with van der Waals surface area (Å²) in [6.07, 6.45) is 3.63. The first kappa shape index (κ1) is 18.4. The number of nitrogens with two attached hydrogens (primary N) is 1. The Morgan fingerprint density at radius 1 is 1.36 bits per heavy atom. The van der Waals surface area contributed by atoms with E-state index in [1.807, 2.05) is 6.92 Å². The summed E-state index contributed by atoms with van der Waals surface area (Å²) in [6, 6.07) is 3.23. The largest absolute Gasteiger partial charge is 0.370 e. The number of primary amides is 1. The number of hydrogen-bond donors (Lipinski definition) is 3. The number of rotatable bonds is 8. The Balaban J connectivity index is 1.92. The number of amides is 3. The maximum Gasteiger partial charge on any atom is 0.271 e. The van der Waals surface area contributed by atoms with Crippen molar-refractivity contribution in [1.29, 1.82) is 0 Å². The Morgan fingerprint density at radius 2 is 2.12 bits per heavy atom. The molecule has 0 radical (unpaired) electrons. The third-order valence-corrected chi connectivity index (χ3v) is 3.81. The van der Waals surface area contributed by atoms with Gasteiger partial charge >= 0.3 is 0 Å². The Bertz CT molecular complexity index is 772. The zero-order chi connectivity index (χ0) is 18.4. The van der Waals surface area contributed by atoms with Gasteiger partial charge in [0.05, 0.1) is 6.20 Å². The van der Waals surface area contributed by atoms with E-state index in [9.17, 15) is 14.4 Å². The molecule has 25 heavy (non-hydrogen) atoms. The average Bonchev–Trinajstić information content (AvgIpc) is 3.01. The molecule has 0 saturated carbocycles. The molecular weight excluding hydrogens is 324 g/mol. The molecule has 0 spiro atoms. The molecule has 2 atom stereocenters. The lowest BCUT2D eigenvalue weighted by molar-refractivity contribution is -0.129. The fraction of sp³-hybridized carbons (Fsp3) is 0.438. The molecule has 0 aliphatic heterocycles. The van der Waals surface area contributed by atoms with E-state index in [1.54, 1.807) is 25.3 Å². The van der Waals surface area contributed by atoms with Gasteiger partial charge in [0.1, 0.15) is 5.69 Å². The van der Waals surface area contributed by atoms with Gasteiger partial charge in [0.2, 0.25) is 11.8 Å². The molecule has 2 unspecified atom stereocenters. The van der Waals surface area contributed by atoms with Gasteiger partial charge in [0.25, 0.3) is 5.91 Å². The standard InChI is InChI=1S/C16H22N6O3/c1-3-11(21-15(24)10(2)7-13(17)23)8-19-16(25)12-9-18-14-5-4-6-20-22(12)14/h4-6,9-11H,3,7-8H2,1-2H3,(H2,17,23)(H,19,25)(H,21,24). The summed E-state index contributed by atoms with van der Waals surface area (Å²) in [4.78, 5) is 39.4. The molecule has 9 nitrogen and oxygen atoms in total. The van der Waals surface area contributed by atoms with Crippen molar-refractivity contribution >= 4 is 23.4 Å². The minimum Gasteiger partial charge on any atom is -0.370 e. The van der Waals surface area contributed by atoms with Gasteiger partial charge in [0.15, 0.2) is 5.65 Å². The van der Waals surface area contributed by atoms with Crippen molar-refractivity contribution in [2.24, 2.45) is 11.7 Å². The minimum absolute atomic E-state index is 0.0118. The number of aromatic nitrogens is 3. The van der Waals surface area contributed by atoms with Crippen LogP contribution >= 0.6 is 0 Å². The van der Waals surface area contributed by atoms with Crippen molar-refractivity contribution in [3.8, 4) is 0 Å². The molecule has 9 heteroatoms. The molecule has 0 bridgehead atoms. The third kappa shape index (κ3) is 4.75. The molecule has 4 N–H and O–H groups in total. The van der Waals surface area contributed by atoms with Crippen molar-refractivity contribution in [1.82, 2.24) is 25.2 Å². The molecule has 2 aromatic heterocycles. The quantitative estimate of drug-likeness (QED) is 0.612. The number of carbonyl (C=O) groups is 3. The second-order valence-electron chi connectivity index (χ2n) is 5.83. The highest BCUT2D eigenvalue weighted by Gasteiger charge is 2.20. The summed E-state index contributed by atoms with van der Waals surface area (Å²) < 4.78 is 1.45. The number of carbonyl (C=O) groups excluding carboxylic acids is 3. The van der Waals surface area contributed by atoms with Gasteiger partial charge in [-0.15, -0.1) is 0 Å². The molecule has 0 saturated heterocycles. The van der Waals surface area contributed by atoms with Crippen molar-refractivity contribution in [2.75, 3.05) is 6.54 Å². The molecular formula is C16H22N6O3. The molecule has 134 valence electrons. The first-order valence-electron chi connectivity index (χ1n) is 8.08. The van der Waals surface area contributed by atoms with Gasteiger partial charge < -0.3 is 16.4 Å². The van der Waals surface area contributed by atoms with Crippen LogP contribution in [0.5, 0.6) is 0 Å². The van der Waals surface area contributed by atoms with Crippen molar-refractivity contribution in [3.63, 3.8) is 0 Å². The van der Waals surface area contributed by atoms with Crippen LogP contribution in [-0.2, 0) is 9.59 Å². The fourth-order valence-corrected chi connectivity index (χ4v) is 2.33. The van der Waals surface area contributed by atoms with Gasteiger partial charge in [-0.1, -0.05) is 13.8 Å². The topological polar surface area (TPSA) is 131 Å². The van der Waals surface area contributed by atoms with Crippen LogP contribution < -0.4 is 16.4 Å². The SMILES string of the molecule is CCC(CNC(=O)c1cnc2cccnn12)NC(=O)C(C)CC(N)=O. The highest BCUT2D eigenvalue weighted by atomic mass is 16.2. The Morgan fingerprint density at radius 3 is 2.80 bits per heavy atom. The van der Waals surface area contributed by atoms with E-state index in [0.29, 0.717) is 17.8 Å². The van der Waals surface area contributed by atoms with Gasteiger partial charge in [-0.05, 0) is 18.6 Å². The van der Waals surface area contributed by atoms with Crippen LogP contribution in [0.4, 0.5) is 0 Å². The molecule has 2 rings (SSSR count). The van der Waals surface area contributed by atoms with Crippen molar-refractivity contribution in [3.05, 3.63) is 30.2 Å². The van der Waals surface area contributed by atoms with Gasteiger partial charge in [-0.3, -0.25) is 14.4 Å². The van der Waals surface area contributed by atoms with E-state index in [2.05, 4.69) is 20.7 Å². The van der Waals surface area contributed by atoms with Crippen LogP contribution in [0, 0.1) is 5.92 Å². The maximum atomic E-state index is 12.3. The van der Waals surface area contributed by atoms with E-state index in [4.69, 9.17) is 5.73 Å². The second-order valence-corrected chi connectivity index (χ2v) is 5.83. The van der Waals surface area contributed by atoms with E-state index in [1.165, 1.54) is 10.7 Å². The van der Waals surface area contributed by atoms with Crippen molar-refractivity contribution < 1.29 is 14.4 Å². The summed E-state index contributed by atoms with van der Waals surface area (Å²) in [7, 11) is 0. The molecule has 0 fully saturated rings. The van der Waals surface area contributed by atoms with Crippen LogP contribution in [-0.4, -0.2) is 44.9 Å². The Kier molecular flexibility index (Phi) is 6.04. The van der Waals surface area contributed by atoms with Crippen LogP contribution in [0.1, 0.15) is 37.2 Å². The van der Waals surface area contributed by atoms with Gasteiger partial charge in [0, 0.05) is 31.1 Å². The monoisotopic (exact) mass is 346 g/mol. The number of fused-ring (bicyclic) bond motifs is 1. The molecule has 0 aromatic carbocycles.